The first kappa shape index (κ1) is 10.7. The molecular formula is C14H12ClNO. The predicted octanol–water partition coefficient (Wildman–Crippen LogP) is 3.58. The number of pyridine rings is 1. The highest BCUT2D eigenvalue weighted by molar-refractivity contribution is 6.32. The van der Waals surface area contributed by atoms with Crippen molar-refractivity contribution in [2.75, 3.05) is 0 Å². The first-order valence-electron chi connectivity index (χ1n) is 5.86. The summed E-state index contributed by atoms with van der Waals surface area (Å²) < 4.78 is 0. The smallest absolute Gasteiger partial charge is 0.153 e. The van der Waals surface area contributed by atoms with Gasteiger partial charge in [0.15, 0.2) is 6.29 Å². The quantitative estimate of drug-likeness (QED) is 0.568. The molecule has 0 bridgehead atoms. The number of halogens is 1. The maximum atomic E-state index is 10.8. The number of aldehydes is 1. The normalized spacial score (nSPS) is 14.6. The van der Waals surface area contributed by atoms with Crippen LogP contribution in [0.2, 0.25) is 5.15 Å². The number of nitrogens with zero attached hydrogens (tertiary/aromatic N) is 1. The fourth-order valence-corrected chi connectivity index (χ4v) is 2.73. The predicted molar refractivity (Wildman–Crippen MR) is 68.8 cm³/mol. The molecule has 2 nitrogen and oxygen atoms in total. The molecule has 1 aromatic carbocycles. The summed E-state index contributed by atoms with van der Waals surface area (Å²) in [7, 11) is 0. The fraction of sp³-hybridized carbons (Fsp3) is 0.286. The van der Waals surface area contributed by atoms with E-state index < -0.39 is 0 Å². The van der Waals surface area contributed by atoms with Gasteiger partial charge in [-0.1, -0.05) is 23.7 Å². The molecule has 3 rings (SSSR count). The van der Waals surface area contributed by atoms with Crippen LogP contribution in [0, 0.1) is 0 Å². The van der Waals surface area contributed by atoms with Gasteiger partial charge in [0.05, 0.1) is 11.1 Å². The third kappa shape index (κ3) is 1.73. The van der Waals surface area contributed by atoms with Crippen LogP contribution in [0.5, 0.6) is 0 Å². The number of benzene rings is 1. The number of hydrogen-bond donors (Lipinski definition) is 0. The molecule has 0 atom stereocenters. The molecule has 1 aliphatic carbocycles. The van der Waals surface area contributed by atoms with E-state index in [2.05, 4.69) is 11.1 Å². The average Bonchev–Trinajstić information content (AvgIpc) is 2.38. The molecule has 1 aromatic heterocycles. The Morgan fingerprint density at radius 2 is 2.06 bits per heavy atom. The highest BCUT2D eigenvalue weighted by Crippen LogP contribution is 2.29. The van der Waals surface area contributed by atoms with E-state index in [1.807, 2.05) is 12.1 Å². The Morgan fingerprint density at radius 1 is 1.24 bits per heavy atom. The second-order valence-electron chi connectivity index (χ2n) is 4.47. The number of aromatic nitrogens is 1. The molecule has 1 heterocycles. The Labute approximate surface area is 105 Å². The molecule has 0 saturated carbocycles. The minimum Gasteiger partial charge on any atom is -0.298 e. The molecule has 0 amide bonds. The largest absolute Gasteiger partial charge is 0.298 e. The van der Waals surface area contributed by atoms with Gasteiger partial charge in [0, 0.05) is 5.39 Å². The maximum absolute atomic E-state index is 10.8. The number of fused-ring (bicyclic) bond motifs is 3. The van der Waals surface area contributed by atoms with Gasteiger partial charge in [0.2, 0.25) is 0 Å². The van der Waals surface area contributed by atoms with Crippen LogP contribution in [0.1, 0.15) is 34.3 Å². The Hall–Kier alpha value is -1.41. The highest BCUT2D eigenvalue weighted by Gasteiger charge is 2.14. The molecule has 2 aromatic rings. The van der Waals surface area contributed by atoms with Gasteiger partial charge in [-0.25, -0.2) is 4.98 Å². The zero-order valence-corrected chi connectivity index (χ0v) is 10.1. The van der Waals surface area contributed by atoms with Crippen molar-refractivity contribution in [3.63, 3.8) is 0 Å². The molecule has 3 heteroatoms. The van der Waals surface area contributed by atoms with Gasteiger partial charge in [-0.2, -0.15) is 0 Å². The molecule has 0 aliphatic heterocycles. The minimum atomic E-state index is 0.312. The lowest BCUT2D eigenvalue weighted by Gasteiger charge is -2.17. The molecule has 86 valence electrons. The molecule has 0 N–H and O–H groups in total. The van der Waals surface area contributed by atoms with Crippen molar-refractivity contribution in [2.24, 2.45) is 0 Å². The van der Waals surface area contributed by atoms with Gasteiger partial charge in [-0.15, -0.1) is 0 Å². The molecule has 0 radical (unpaired) electrons. The maximum Gasteiger partial charge on any atom is 0.153 e. The third-order valence-corrected chi connectivity index (χ3v) is 3.72. The standard InChI is InChI=1S/C14H12ClNO/c15-14-11(8-17)7-10-6-5-9-3-1-2-4-12(9)13(10)16-14/h5-8H,1-4H2. The molecule has 0 unspecified atom stereocenters. The van der Waals surface area contributed by atoms with Gasteiger partial charge < -0.3 is 0 Å². The monoisotopic (exact) mass is 245 g/mol. The van der Waals surface area contributed by atoms with Crippen LogP contribution < -0.4 is 0 Å². The molecule has 0 saturated heterocycles. The highest BCUT2D eigenvalue weighted by atomic mass is 35.5. The van der Waals surface area contributed by atoms with Crippen molar-refractivity contribution in [3.8, 4) is 0 Å². The van der Waals surface area contributed by atoms with Gasteiger partial charge in [0.25, 0.3) is 0 Å². The number of carbonyl (C=O) groups excluding carboxylic acids is 1. The SMILES string of the molecule is O=Cc1cc2ccc3c(c2nc1Cl)CCCC3. The lowest BCUT2D eigenvalue weighted by Crippen LogP contribution is -2.04. The van der Waals surface area contributed by atoms with Crippen LogP contribution in [0.3, 0.4) is 0 Å². The Bertz CT molecular complexity index is 607. The van der Waals surface area contributed by atoms with Crippen LogP contribution >= 0.6 is 11.6 Å². The van der Waals surface area contributed by atoms with Crippen LogP contribution in [-0.4, -0.2) is 11.3 Å². The van der Waals surface area contributed by atoms with E-state index in [1.54, 1.807) is 0 Å². The topological polar surface area (TPSA) is 30.0 Å². The summed E-state index contributed by atoms with van der Waals surface area (Å²) in [5, 5.41) is 1.32. The Kier molecular flexibility index (Phi) is 2.60. The molecule has 17 heavy (non-hydrogen) atoms. The van der Waals surface area contributed by atoms with Crippen molar-refractivity contribution in [3.05, 3.63) is 40.0 Å². The lowest BCUT2D eigenvalue weighted by molar-refractivity contribution is 0.112. The van der Waals surface area contributed by atoms with Crippen molar-refractivity contribution < 1.29 is 4.79 Å². The summed E-state index contributed by atoms with van der Waals surface area (Å²) in [4.78, 5) is 15.2. The van der Waals surface area contributed by atoms with Crippen LogP contribution in [0.15, 0.2) is 18.2 Å². The minimum absolute atomic E-state index is 0.312. The van der Waals surface area contributed by atoms with E-state index >= 15 is 0 Å². The van der Waals surface area contributed by atoms with Crippen LogP contribution in [-0.2, 0) is 12.8 Å². The van der Waals surface area contributed by atoms with Crippen LogP contribution in [0.25, 0.3) is 10.9 Å². The molecule has 0 fully saturated rings. The number of rotatable bonds is 1. The summed E-state index contributed by atoms with van der Waals surface area (Å²) in [6.45, 7) is 0. The third-order valence-electron chi connectivity index (χ3n) is 3.42. The summed E-state index contributed by atoms with van der Waals surface area (Å²) in [5.74, 6) is 0. The van der Waals surface area contributed by atoms with E-state index in [9.17, 15) is 4.79 Å². The van der Waals surface area contributed by atoms with Crippen molar-refractivity contribution in [2.45, 2.75) is 25.7 Å². The van der Waals surface area contributed by atoms with E-state index in [0.717, 1.165) is 30.0 Å². The van der Waals surface area contributed by atoms with Gasteiger partial charge in [-0.05, 0) is 42.9 Å². The Balaban J connectivity index is 2.32. The second kappa shape index (κ2) is 4.11. The number of aryl methyl sites for hydroxylation is 2. The number of carbonyl (C=O) groups is 1. The average molecular weight is 246 g/mol. The van der Waals surface area contributed by atoms with Crippen LogP contribution in [0.4, 0.5) is 0 Å². The van der Waals surface area contributed by atoms with Crippen molar-refractivity contribution >= 4 is 28.8 Å². The van der Waals surface area contributed by atoms with Crippen molar-refractivity contribution in [1.29, 1.82) is 0 Å². The number of hydrogen-bond acceptors (Lipinski definition) is 2. The lowest BCUT2D eigenvalue weighted by atomic mass is 9.89. The van der Waals surface area contributed by atoms with E-state index in [1.165, 1.54) is 24.0 Å². The van der Waals surface area contributed by atoms with Crippen molar-refractivity contribution in [1.82, 2.24) is 4.98 Å². The van der Waals surface area contributed by atoms with E-state index in [-0.39, 0.29) is 0 Å². The first-order valence-corrected chi connectivity index (χ1v) is 6.23. The fourth-order valence-electron chi connectivity index (χ4n) is 2.55. The van der Waals surface area contributed by atoms with E-state index in [4.69, 9.17) is 11.6 Å². The second-order valence-corrected chi connectivity index (χ2v) is 4.83. The zero-order valence-electron chi connectivity index (χ0n) is 9.37. The zero-order chi connectivity index (χ0) is 11.8. The first-order chi connectivity index (χ1) is 8.29. The molecule has 0 spiro atoms. The van der Waals surface area contributed by atoms with Gasteiger partial charge in [0.1, 0.15) is 5.15 Å². The molecule has 1 aliphatic rings. The van der Waals surface area contributed by atoms with Gasteiger partial charge >= 0.3 is 0 Å². The summed E-state index contributed by atoms with van der Waals surface area (Å²) in [6.07, 6.45) is 5.41. The summed E-state index contributed by atoms with van der Waals surface area (Å²) >= 11 is 6.00. The van der Waals surface area contributed by atoms with E-state index in [0.29, 0.717) is 10.7 Å². The summed E-state index contributed by atoms with van der Waals surface area (Å²) in [5.41, 5.74) is 4.13. The summed E-state index contributed by atoms with van der Waals surface area (Å²) in [6, 6.07) is 6.02. The van der Waals surface area contributed by atoms with Gasteiger partial charge in [-0.3, -0.25) is 4.79 Å². The molecular weight excluding hydrogens is 234 g/mol. The Morgan fingerprint density at radius 3 is 2.88 bits per heavy atom.